The molecule has 3 rings (SSSR count). The maximum absolute atomic E-state index is 12.8. The third kappa shape index (κ3) is 2.35. The Morgan fingerprint density at radius 3 is 2.45 bits per heavy atom. The zero-order valence-electron chi connectivity index (χ0n) is 12.6. The number of Topliss-reactive ketones (excluding diaryl/α,β-unsaturated/α-hetero) is 1. The molecule has 2 aliphatic heterocycles. The lowest BCUT2D eigenvalue weighted by atomic mass is 9.84. The van der Waals surface area contributed by atoms with Crippen LogP contribution in [0.2, 0.25) is 0 Å². The van der Waals surface area contributed by atoms with Crippen LogP contribution >= 0.6 is 0 Å². The lowest BCUT2D eigenvalue weighted by Crippen LogP contribution is -2.42. The monoisotopic (exact) mass is 273 g/mol. The second kappa shape index (κ2) is 5.21. The van der Waals surface area contributed by atoms with Crippen LogP contribution in [-0.4, -0.2) is 36.9 Å². The zero-order chi connectivity index (χ0) is 14.3. The van der Waals surface area contributed by atoms with E-state index in [4.69, 9.17) is 4.74 Å². The average molecular weight is 273 g/mol. The number of aryl methyl sites for hydroxylation is 1. The quantitative estimate of drug-likeness (QED) is 0.793. The molecule has 2 bridgehead atoms. The predicted octanol–water partition coefficient (Wildman–Crippen LogP) is 3.06. The Labute approximate surface area is 120 Å². The highest BCUT2D eigenvalue weighted by molar-refractivity contribution is 5.98. The summed E-state index contributed by atoms with van der Waals surface area (Å²) in [6.07, 6.45) is 4.54. The highest BCUT2D eigenvalue weighted by atomic mass is 16.5. The number of hydrogen-bond donors (Lipinski definition) is 0. The van der Waals surface area contributed by atoms with E-state index in [1.54, 1.807) is 7.11 Å². The van der Waals surface area contributed by atoms with Crippen molar-refractivity contribution in [2.45, 2.75) is 44.7 Å². The lowest BCUT2D eigenvalue weighted by Gasteiger charge is -2.35. The molecule has 0 N–H and O–H groups in total. The third-order valence-electron chi connectivity index (χ3n) is 5.04. The molecule has 2 fully saturated rings. The highest BCUT2D eigenvalue weighted by Crippen LogP contribution is 2.38. The first-order valence-electron chi connectivity index (χ1n) is 7.50. The second-order valence-electron chi connectivity index (χ2n) is 6.32. The van der Waals surface area contributed by atoms with Crippen LogP contribution in [-0.2, 0) is 0 Å². The fourth-order valence-corrected chi connectivity index (χ4v) is 3.87. The standard InChI is InChI=1S/C17H23NO2/c1-11-6-12(10-16(7-11)20-3)17(19)13-8-14-4-5-15(9-13)18(14)2/h6-7,10,13-15H,4-5,8-9H2,1-3H3. The van der Waals surface area contributed by atoms with E-state index in [2.05, 4.69) is 11.9 Å². The van der Waals surface area contributed by atoms with E-state index in [9.17, 15) is 4.79 Å². The molecule has 108 valence electrons. The largest absolute Gasteiger partial charge is 0.497 e. The van der Waals surface area contributed by atoms with Gasteiger partial charge < -0.3 is 9.64 Å². The van der Waals surface area contributed by atoms with E-state index in [1.165, 1.54) is 12.8 Å². The third-order valence-corrected chi connectivity index (χ3v) is 5.04. The Hall–Kier alpha value is -1.35. The molecule has 2 heterocycles. The van der Waals surface area contributed by atoms with Gasteiger partial charge in [0.15, 0.2) is 5.78 Å². The zero-order valence-corrected chi connectivity index (χ0v) is 12.6. The molecular weight excluding hydrogens is 250 g/mol. The summed E-state index contributed by atoms with van der Waals surface area (Å²) in [4.78, 5) is 15.2. The number of hydrogen-bond acceptors (Lipinski definition) is 3. The van der Waals surface area contributed by atoms with Gasteiger partial charge in [0, 0.05) is 23.6 Å². The molecule has 0 amide bonds. The molecule has 0 radical (unpaired) electrons. The minimum atomic E-state index is 0.190. The lowest BCUT2D eigenvalue weighted by molar-refractivity contribution is 0.0767. The molecule has 3 nitrogen and oxygen atoms in total. The van der Waals surface area contributed by atoms with E-state index in [0.29, 0.717) is 17.9 Å². The number of carbonyl (C=O) groups excluding carboxylic acids is 1. The van der Waals surface area contributed by atoms with Crippen LogP contribution in [0.1, 0.15) is 41.6 Å². The maximum Gasteiger partial charge on any atom is 0.166 e. The molecule has 1 aromatic carbocycles. The number of rotatable bonds is 3. The van der Waals surface area contributed by atoms with Gasteiger partial charge in [0.2, 0.25) is 0 Å². The minimum absolute atomic E-state index is 0.190. The van der Waals surface area contributed by atoms with Crippen molar-refractivity contribution in [1.29, 1.82) is 0 Å². The van der Waals surface area contributed by atoms with Crippen LogP contribution in [0, 0.1) is 12.8 Å². The highest BCUT2D eigenvalue weighted by Gasteiger charge is 2.40. The normalized spacial score (nSPS) is 29.4. The summed E-state index contributed by atoms with van der Waals surface area (Å²) in [6.45, 7) is 2.01. The first-order valence-corrected chi connectivity index (χ1v) is 7.50. The Morgan fingerprint density at radius 1 is 1.20 bits per heavy atom. The van der Waals surface area contributed by atoms with Gasteiger partial charge in [-0.15, -0.1) is 0 Å². The van der Waals surface area contributed by atoms with Gasteiger partial charge >= 0.3 is 0 Å². The molecule has 2 aliphatic rings. The first-order chi connectivity index (χ1) is 9.58. The minimum Gasteiger partial charge on any atom is -0.497 e. The Kier molecular flexibility index (Phi) is 3.55. The summed E-state index contributed by atoms with van der Waals surface area (Å²) in [5, 5.41) is 0. The first kappa shape index (κ1) is 13.6. The molecule has 0 saturated carbocycles. The molecule has 0 aromatic heterocycles. The number of nitrogens with zero attached hydrogens (tertiary/aromatic N) is 1. The van der Waals surface area contributed by atoms with Crippen molar-refractivity contribution in [1.82, 2.24) is 4.90 Å². The molecule has 0 spiro atoms. The van der Waals surface area contributed by atoms with Crippen LogP contribution in [0.4, 0.5) is 0 Å². The second-order valence-corrected chi connectivity index (χ2v) is 6.32. The number of fused-ring (bicyclic) bond motifs is 2. The SMILES string of the molecule is COc1cc(C)cc(C(=O)C2CC3CCC(C2)N3C)c1. The van der Waals surface area contributed by atoms with E-state index in [1.807, 2.05) is 25.1 Å². The van der Waals surface area contributed by atoms with Crippen molar-refractivity contribution in [2.24, 2.45) is 5.92 Å². The Morgan fingerprint density at radius 2 is 1.85 bits per heavy atom. The smallest absolute Gasteiger partial charge is 0.166 e. The van der Waals surface area contributed by atoms with Gasteiger partial charge in [-0.3, -0.25) is 4.79 Å². The van der Waals surface area contributed by atoms with Crippen molar-refractivity contribution < 1.29 is 9.53 Å². The topological polar surface area (TPSA) is 29.5 Å². The van der Waals surface area contributed by atoms with Crippen LogP contribution in [0.25, 0.3) is 0 Å². The summed E-state index contributed by atoms with van der Waals surface area (Å²) >= 11 is 0. The summed E-state index contributed by atoms with van der Waals surface area (Å²) in [5.41, 5.74) is 1.90. The number of ketones is 1. The fourth-order valence-electron chi connectivity index (χ4n) is 3.87. The predicted molar refractivity (Wildman–Crippen MR) is 79.4 cm³/mol. The van der Waals surface area contributed by atoms with Gasteiger partial charge in [-0.1, -0.05) is 0 Å². The van der Waals surface area contributed by atoms with Gasteiger partial charge in [-0.2, -0.15) is 0 Å². The van der Waals surface area contributed by atoms with Crippen LogP contribution in [0.5, 0.6) is 5.75 Å². The molecule has 2 atom stereocenters. The van der Waals surface area contributed by atoms with Crippen molar-refractivity contribution in [3.8, 4) is 5.75 Å². The molecular formula is C17H23NO2. The molecule has 3 heteroatoms. The number of ether oxygens (including phenoxy) is 1. The number of methoxy groups -OCH3 is 1. The van der Waals surface area contributed by atoms with Crippen LogP contribution in [0.15, 0.2) is 18.2 Å². The Bertz CT molecular complexity index is 512. The van der Waals surface area contributed by atoms with Crippen molar-refractivity contribution in [3.05, 3.63) is 29.3 Å². The summed E-state index contributed by atoms with van der Waals surface area (Å²) in [6, 6.07) is 7.05. The van der Waals surface area contributed by atoms with E-state index in [0.717, 1.165) is 29.7 Å². The average Bonchev–Trinajstić information content (AvgIpc) is 2.67. The molecule has 2 saturated heterocycles. The van der Waals surface area contributed by atoms with E-state index >= 15 is 0 Å². The number of benzene rings is 1. The van der Waals surface area contributed by atoms with Crippen LogP contribution in [0.3, 0.4) is 0 Å². The van der Waals surface area contributed by atoms with E-state index in [-0.39, 0.29) is 5.92 Å². The van der Waals surface area contributed by atoms with Crippen molar-refractivity contribution in [3.63, 3.8) is 0 Å². The molecule has 0 aliphatic carbocycles. The van der Waals surface area contributed by atoms with Crippen LogP contribution < -0.4 is 4.74 Å². The summed E-state index contributed by atoms with van der Waals surface area (Å²) < 4.78 is 5.28. The van der Waals surface area contributed by atoms with Gasteiger partial charge in [0.05, 0.1) is 7.11 Å². The van der Waals surface area contributed by atoms with E-state index < -0.39 is 0 Å². The summed E-state index contributed by atoms with van der Waals surface area (Å²) in [7, 11) is 3.86. The van der Waals surface area contributed by atoms with Gasteiger partial charge in [0.25, 0.3) is 0 Å². The maximum atomic E-state index is 12.8. The molecule has 2 unspecified atom stereocenters. The van der Waals surface area contributed by atoms with Gasteiger partial charge in [-0.05, 0) is 63.4 Å². The Balaban J connectivity index is 1.81. The molecule has 1 aromatic rings. The number of carbonyl (C=O) groups is 1. The molecule has 20 heavy (non-hydrogen) atoms. The summed E-state index contributed by atoms with van der Waals surface area (Å²) in [5.74, 6) is 1.27. The van der Waals surface area contributed by atoms with Crippen molar-refractivity contribution in [2.75, 3.05) is 14.2 Å². The van der Waals surface area contributed by atoms with Crippen molar-refractivity contribution >= 4 is 5.78 Å². The van der Waals surface area contributed by atoms with Gasteiger partial charge in [0.1, 0.15) is 5.75 Å². The fraction of sp³-hybridized carbons (Fsp3) is 0.588. The number of piperidine rings is 1. The van der Waals surface area contributed by atoms with Gasteiger partial charge in [-0.25, -0.2) is 0 Å².